The van der Waals surface area contributed by atoms with E-state index in [1.165, 1.54) is 31.5 Å². The van der Waals surface area contributed by atoms with Crippen molar-refractivity contribution in [1.82, 2.24) is 5.32 Å². The van der Waals surface area contributed by atoms with Crippen LogP contribution in [0.2, 0.25) is 0 Å². The number of ether oxygens (including phenoxy) is 1. The number of carbonyl (C=O) groups excluding carboxylic acids is 1. The number of rotatable bonds is 4. The third-order valence-corrected chi connectivity index (χ3v) is 2.61. The second kappa shape index (κ2) is 6.27. The topological polar surface area (TPSA) is 38.3 Å². The Hall–Kier alpha value is -1.36. The molecule has 1 N–H and O–H groups in total. The van der Waals surface area contributed by atoms with Crippen molar-refractivity contribution in [3.05, 3.63) is 46.3 Å². The van der Waals surface area contributed by atoms with Gasteiger partial charge in [0.1, 0.15) is 5.82 Å². The van der Waals surface area contributed by atoms with E-state index in [2.05, 4.69) is 26.0 Å². The monoisotopic (exact) mass is 287 g/mol. The van der Waals surface area contributed by atoms with Crippen molar-refractivity contribution in [3.8, 4) is 0 Å². The van der Waals surface area contributed by atoms with E-state index in [1.54, 1.807) is 6.07 Å². The van der Waals surface area contributed by atoms with Crippen LogP contribution in [0.3, 0.4) is 0 Å². The number of nitrogens with one attached hydrogen (secondary N) is 1. The van der Waals surface area contributed by atoms with Crippen molar-refractivity contribution in [3.63, 3.8) is 0 Å². The minimum atomic E-state index is -0.439. The molecule has 5 heteroatoms. The van der Waals surface area contributed by atoms with Gasteiger partial charge in [0.2, 0.25) is 0 Å². The quantitative estimate of drug-likeness (QED) is 0.683. The molecule has 0 aliphatic heterocycles. The highest BCUT2D eigenvalue weighted by atomic mass is 79.9. The molecule has 0 spiro atoms. The zero-order valence-corrected chi connectivity index (χ0v) is 10.3. The number of carbonyl (C=O) groups is 1. The van der Waals surface area contributed by atoms with Gasteiger partial charge in [0, 0.05) is 23.3 Å². The fraction of sp³-hybridized carbons (Fsp3) is 0.182. The van der Waals surface area contributed by atoms with Crippen LogP contribution >= 0.6 is 15.9 Å². The SMILES string of the molecule is COC(=O)/C=C/NCc1cc(F)ccc1Br. The van der Waals surface area contributed by atoms with Gasteiger partial charge in [0.25, 0.3) is 0 Å². The molecular formula is C11H11BrFNO2. The lowest BCUT2D eigenvalue weighted by molar-refractivity contribution is -0.134. The van der Waals surface area contributed by atoms with E-state index < -0.39 is 5.97 Å². The van der Waals surface area contributed by atoms with Gasteiger partial charge < -0.3 is 10.1 Å². The maximum Gasteiger partial charge on any atom is 0.331 e. The van der Waals surface area contributed by atoms with Gasteiger partial charge in [-0.25, -0.2) is 9.18 Å². The van der Waals surface area contributed by atoms with Crippen LogP contribution in [0.15, 0.2) is 34.9 Å². The molecule has 0 aliphatic rings. The van der Waals surface area contributed by atoms with Crippen LogP contribution in [-0.4, -0.2) is 13.1 Å². The molecule has 0 amide bonds. The summed E-state index contributed by atoms with van der Waals surface area (Å²) in [5, 5.41) is 2.86. The van der Waals surface area contributed by atoms with Crippen LogP contribution in [0.4, 0.5) is 4.39 Å². The first-order valence-corrected chi connectivity index (χ1v) is 5.34. The van der Waals surface area contributed by atoms with Crippen molar-refractivity contribution in [1.29, 1.82) is 0 Å². The van der Waals surface area contributed by atoms with E-state index in [0.717, 1.165) is 10.0 Å². The molecule has 0 radical (unpaired) electrons. The molecule has 86 valence electrons. The summed E-state index contributed by atoms with van der Waals surface area (Å²) in [6.07, 6.45) is 2.72. The van der Waals surface area contributed by atoms with E-state index in [9.17, 15) is 9.18 Å². The molecule has 0 saturated heterocycles. The van der Waals surface area contributed by atoms with Crippen LogP contribution in [-0.2, 0) is 16.1 Å². The lowest BCUT2D eigenvalue weighted by atomic mass is 10.2. The molecule has 1 aromatic carbocycles. The molecule has 0 fully saturated rings. The Balaban J connectivity index is 2.51. The summed E-state index contributed by atoms with van der Waals surface area (Å²) < 4.78 is 18.1. The minimum Gasteiger partial charge on any atom is -0.466 e. The molecule has 0 bridgehead atoms. The summed E-state index contributed by atoms with van der Waals surface area (Å²) in [5.41, 5.74) is 0.773. The molecule has 0 atom stereocenters. The van der Waals surface area contributed by atoms with Crippen molar-refractivity contribution in [2.24, 2.45) is 0 Å². The fourth-order valence-electron chi connectivity index (χ4n) is 1.04. The van der Waals surface area contributed by atoms with Crippen LogP contribution in [0.1, 0.15) is 5.56 Å². The highest BCUT2D eigenvalue weighted by Gasteiger charge is 2.00. The second-order valence-electron chi connectivity index (χ2n) is 2.97. The number of methoxy groups -OCH3 is 1. The highest BCUT2D eigenvalue weighted by molar-refractivity contribution is 9.10. The average molecular weight is 288 g/mol. The predicted octanol–water partition coefficient (Wildman–Crippen LogP) is 2.36. The van der Waals surface area contributed by atoms with Crippen LogP contribution < -0.4 is 5.32 Å². The maximum atomic E-state index is 12.9. The first kappa shape index (κ1) is 12.7. The largest absolute Gasteiger partial charge is 0.466 e. The number of halogens is 2. The zero-order valence-electron chi connectivity index (χ0n) is 8.67. The number of esters is 1. The molecule has 0 aliphatic carbocycles. The molecule has 1 aromatic rings. The number of hydrogen-bond donors (Lipinski definition) is 1. The Kier molecular flexibility index (Phi) is 4.98. The fourth-order valence-corrected chi connectivity index (χ4v) is 1.43. The van der Waals surface area contributed by atoms with Crippen LogP contribution in [0.25, 0.3) is 0 Å². The second-order valence-corrected chi connectivity index (χ2v) is 3.83. The average Bonchev–Trinajstić information content (AvgIpc) is 2.28. The number of benzene rings is 1. The smallest absolute Gasteiger partial charge is 0.331 e. The highest BCUT2D eigenvalue weighted by Crippen LogP contribution is 2.17. The molecule has 0 saturated carbocycles. The van der Waals surface area contributed by atoms with Gasteiger partial charge >= 0.3 is 5.97 Å². The van der Waals surface area contributed by atoms with Gasteiger partial charge in [0.05, 0.1) is 7.11 Å². The third kappa shape index (κ3) is 4.02. The molecule has 16 heavy (non-hydrogen) atoms. The maximum absolute atomic E-state index is 12.9. The molecule has 0 unspecified atom stereocenters. The molecular weight excluding hydrogens is 277 g/mol. The Morgan fingerprint density at radius 1 is 1.62 bits per heavy atom. The van der Waals surface area contributed by atoms with Crippen molar-refractivity contribution in [2.75, 3.05) is 7.11 Å². The standard InChI is InChI=1S/C11H11BrFNO2/c1-16-11(15)4-5-14-7-8-6-9(13)2-3-10(8)12/h2-6,14H,7H2,1H3/b5-4+. The third-order valence-electron chi connectivity index (χ3n) is 1.84. The summed E-state index contributed by atoms with van der Waals surface area (Å²) in [5.74, 6) is -0.734. The minimum absolute atomic E-state index is 0.294. The summed E-state index contributed by atoms with van der Waals surface area (Å²) >= 11 is 3.30. The van der Waals surface area contributed by atoms with Gasteiger partial charge in [-0.15, -0.1) is 0 Å². The summed E-state index contributed by atoms with van der Waals surface area (Å²) in [4.78, 5) is 10.7. The van der Waals surface area contributed by atoms with Gasteiger partial charge in [-0.05, 0) is 23.8 Å². The first-order chi connectivity index (χ1) is 7.63. The van der Waals surface area contributed by atoms with Gasteiger partial charge in [-0.3, -0.25) is 0 Å². The Labute approximate surface area is 101 Å². The summed E-state index contributed by atoms with van der Waals surface area (Å²) in [6, 6.07) is 4.43. The normalized spacial score (nSPS) is 10.4. The van der Waals surface area contributed by atoms with E-state index >= 15 is 0 Å². The number of hydrogen-bond acceptors (Lipinski definition) is 3. The molecule has 3 nitrogen and oxygen atoms in total. The van der Waals surface area contributed by atoms with Gasteiger partial charge in [-0.1, -0.05) is 15.9 Å². The molecule has 0 heterocycles. The Morgan fingerprint density at radius 3 is 3.06 bits per heavy atom. The van der Waals surface area contributed by atoms with Crippen LogP contribution in [0, 0.1) is 5.82 Å². The van der Waals surface area contributed by atoms with E-state index in [4.69, 9.17) is 0 Å². The Morgan fingerprint density at radius 2 is 2.38 bits per heavy atom. The first-order valence-electron chi connectivity index (χ1n) is 4.55. The van der Waals surface area contributed by atoms with Crippen molar-refractivity contribution in [2.45, 2.75) is 6.54 Å². The Bertz CT molecular complexity index is 407. The lowest BCUT2D eigenvalue weighted by Gasteiger charge is -2.04. The molecule has 0 aromatic heterocycles. The van der Waals surface area contributed by atoms with Crippen LogP contribution in [0.5, 0.6) is 0 Å². The predicted molar refractivity (Wildman–Crippen MR) is 62.1 cm³/mol. The van der Waals surface area contributed by atoms with Crippen molar-refractivity contribution < 1.29 is 13.9 Å². The summed E-state index contributed by atoms with van der Waals surface area (Å²) in [7, 11) is 1.30. The van der Waals surface area contributed by atoms with E-state index in [0.29, 0.717) is 6.54 Å². The van der Waals surface area contributed by atoms with Gasteiger partial charge in [0.15, 0.2) is 0 Å². The van der Waals surface area contributed by atoms with E-state index in [1.807, 2.05) is 0 Å². The lowest BCUT2D eigenvalue weighted by Crippen LogP contribution is -2.07. The zero-order chi connectivity index (χ0) is 12.0. The molecule has 1 rings (SSSR count). The van der Waals surface area contributed by atoms with Crippen molar-refractivity contribution >= 4 is 21.9 Å². The van der Waals surface area contributed by atoms with E-state index in [-0.39, 0.29) is 5.82 Å². The summed E-state index contributed by atoms with van der Waals surface area (Å²) in [6.45, 7) is 0.422. The van der Waals surface area contributed by atoms with Gasteiger partial charge in [-0.2, -0.15) is 0 Å².